The first-order valence-electron chi connectivity index (χ1n) is 7.31. The van der Waals surface area contributed by atoms with Crippen LogP contribution >= 0.6 is 0 Å². The molecule has 1 aliphatic carbocycles. The molecule has 3 atom stereocenters. The van der Waals surface area contributed by atoms with Gasteiger partial charge in [-0.3, -0.25) is 9.59 Å². The Labute approximate surface area is 119 Å². The van der Waals surface area contributed by atoms with Crippen LogP contribution in [0.25, 0.3) is 0 Å². The van der Waals surface area contributed by atoms with Crippen molar-refractivity contribution in [1.82, 2.24) is 10.6 Å². The molecule has 0 radical (unpaired) electrons. The van der Waals surface area contributed by atoms with E-state index < -0.39 is 11.0 Å². The monoisotopic (exact) mass is 283 g/mol. The third kappa shape index (κ3) is 2.11. The molecule has 2 amide bonds. The van der Waals surface area contributed by atoms with Gasteiger partial charge >= 0.3 is 0 Å². The first-order chi connectivity index (χ1) is 9.35. The number of carbonyl (C=O) groups is 2. The number of carbonyl (C=O) groups excluding carboxylic acids is 2. The van der Waals surface area contributed by atoms with Gasteiger partial charge in [0.05, 0.1) is 12.6 Å². The minimum atomic E-state index is -0.945. The fourth-order valence-electron chi connectivity index (χ4n) is 3.48. The van der Waals surface area contributed by atoms with Crippen molar-refractivity contribution >= 4 is 11.8 Å². The molecule has 6 heteroatoms. The molecule has 1 aliphatic heterocycles. The van der Waals surface area contributed by atoms with E-state index in [9.17, 15) is 9.59 Å². The summed E-state index contributed by atoms with van der Waals surface area (Å²) in [7, 11) is 0. The number of hydrogen-bond acceptors (Lipinski definition) is 4. The van der Waals surface area contributed by atoms with E-state index >= 15 is 0 Å². The van der Waals surface area contributed by atoms with Gasteiger partial charge in [-0.25, -0.2) is 0 Å². The minimum absolute atomic E-state index is 0.0217. The summed E-state index contributed by atoms with van der Waals surface area (Å²) >= 11 is 0. The van der Waals surface area contributed by atoms with Crippen LogP contribution in [0.5, 0.6) is 0 Å². The molecule has 0 aromatic carbocycles. The molecule has 4 N–H and O–H groups in total. The molecular formula is C14H25N3O3. The van der Waals surface area contributed by atoms with Gasteiger partial charge in [-0.1, -0.05) is 20.8 Å². The number of amides is 2. The van der Waals surface area contributed by atoms with Gasteiger partial charge in [0.2, 0.25) is 11.8 Å². The van der Waals surface area contributed by atoms with E-state index in [1.165, 1.54) is 0 Å². The van der Waals surface area contributed by atoms with Crippen LogP contribution < -0.4 is 16.4 Å². The Hall–Kier alpha value is -1.14. The quantitative estimate of drug-likeness (QED) is 0.650. The molecule has 20 heavy (non-hydrogen) atoms. The van der Waals surface area contributed by atoms with Gasteiger partial charge in [-0.15, -0.1) is 0 Å². The van der Waals surface area contributed by atoms with Crippen molar-refractivity contribution in [3.8, 4) is 0 Å². The first-order valence-corrected chi connectivity index (χ1v) is 7.31. The molecular weight excluding hydrogens is 258 g/mol. The van der Waals surface area contributed by atoms with Gasteiger partial charge < -0.3 is 21.1 Å². The molecule has 2 fully saturated rings. The number of nitrogens with one attached hydrogen (secondary N) is 2. The average molecular weight is 283 g/mol. The molecule has 0 aromatic rings. The zero-order valence-electron chi connectivity index (χ0n) is 12.5. The Bertz CT molecular complexity index is 410. The van der Waals surface area contributed by atoms with Crippen LogP contribution in [-0.2, 0) is 14.3 Å². The molecule has 2 aliphatic rings. The summed E-state index contributed by atoms with van der Waals surface area (Å²) in [6, 6.07) is 0. The lowest BCUT2D eigenvalue weighted by molar-refractivity contribution is -0.175. The lowest BCUT2D eigenvalue weighted by atomic mass is 9.48. The normalized spacial score (nSPS) is 34.0. The van der Waals surface area contributed by atoms with E-state index in [1.807, 2.05) is 20.8 Å². The van der Waals surface area contributed by atoms with Crippen LogP contribution in [0.4, 0.5) is 0 Å². The number of hydrogen-bond donors (Lipinski definition) is 3. The first kappa shape index (κ1) is 15.3. The van der Waals surface area contributed by atoms with Crippen molar-refractivity contribution in [2.24, 2.45) is 17.1 Å². The maximum atomic E-state index is 12.4. The minimum Gasteiger partial charge on any atom is -0.377 e. The number of ether oxygens (including phenoxy) is 1. The maximum absolute atomic E-state index is 12.4. The van der Waals surface area contributed by atoms with E-state index in [2.05, 4.69) is 10.6 Å². The third-order valence-electron chi connectivity index (χ3n) is 4.81. The van der Waals surface area contributed by atoms with E-state index in [-0.39, 0.29) is 30.4 Å². The Kier molecular flexibility index (Phi) is 4.07. The number of rotatable bonds is 5. The van der Waals surface area contributed by atoms with Crippen molar-refractivity contribution < 1.29 is 14.3 Å². The zero-order chi connectivity index (χ0) is 15.0. The van der Waals surface area contributed by atoms with Crippen LogP contribution in [0.1, 0.15) is 33.6 Å². The highest BCUT2D eigenvalue weighted by Gasteiger charge is 2.71. The van der Waals surface area contributed by atoms with E-state index in [0.29, 0.717) is 13.2 Å². The summed E-state index contributed by atoms with van der Waals surface area (Å²) in [4.78, 5) is 23.9. The molecule has 0 bridgehead atoms. The molecule has 3 unspecified atom stereocenters. The van der Waals surface area contributed by atoms with Crippen molar-refractivity contribution in [3.05, 3.63) is 0 Å². The highest BCUT2D eigenvalue weighted by molar-refractivity contribution is 5.92. The Balaban J connectivity index is 1.93. The van der Waals surface area contributed by atoms with Gasteiger partial charge in [-0.2, -0.15) is 0 Å². The summed E-state index contributed by atoms with van der Waals surface area (Å²) in [6.45, 7) is 7.14. The van der Waals surface area contributed by atoms with E-state index in [1.54, 1.807) is 0 Å². The fourth-order valence-corrected chi connectivity index (χ4v) is 3.48. The Morgan fingerprint density at radius 3 is 2.70 bits per heavy atom. The molecule has 6 nitrogen and oxygen atoms in total. The zero-order valence-corrected chi connectivity index (χ0v) is 12.5. The van der Waals surface area contributed by atoms with Crippen molar-refractivity contribution in [3.63, 3.8) is 0 Å². The average Bonchev–Trinajstić information content (AvgIpc) is 2.89. The molecule has 114 valence electrons. The second-order valence-electron chi connectivity index (χ2n) is 6.31. The number of fused-ring (bicyclic) bond motifs is 1. The fraction of sp³-hybridized carbons (Fsp3) is 0.857. The van der Waals surface area contributed by atoms with Gasteiger partial charge in [0.1, 0.15) is 5.54 Å². The van der Waals surface area contributed by atoms with Crippen molar-refractivity contribution in [2.45, 2.75) is 45.3 Å². The summed E-state index contributed by atoms with van der Waals surface area (Å²) in [5, 5.41) is 5.39. The summed E-state index contributed by atoms with van der Waals surface area (Å²) in [6.07, 6.45) is 1.72. The summed E-state index contributed by atoms with van der Waals surface area (Å²) in [5.74, 6) is -0.378. The van der Waals surface area contributed by atoms with Crippen molar-refractivity contribution in [2.75, 3.05) is 19.7 Å². The molecule has 0 spiro atoms. The van der Waals surface area contributed by atoms with Gasteiger partial charge in [0, 0.05) is 24.5 Å². The SMILES string of the molecule is CCCNC(=O)CNC(=O)C1(N)C2CCOC2C1(C)C. The molecule has 1 saturated carbocycles. The molecule has 2 rings (SSSR count). The highest BCUT2D eigenvalue weighted by atomic mass is 16.5. The second kappa shape index (κ2) is 5.33. The number of nitrogens with two attached hydrogens (primary N) is 1. The molecule has 0 aromatic heterocycles. The second-order valence-corrected chi connectivity index (χ2v) is 6.31. The lowest BCUT2D eigenvalue weighted by Gasteiger charge is -2.60. The largest absolute Gasteiger partial charge is 0.377 e. The predicted octanol–water partition coefficient (Wildman–Crippen LogP) is -0.229. The molecule has 1 saturated heterocycles. The van der Waals surface area contributed by atoms with Crippen LogP contribution in [0.2, 0.25) is 0 Å². The van der Waals surface area contributed by atoms with Crippen LogP contribution in [0.15, 0.2) is 0 Å². The summed E-state index contributed by atoms with van der Waals surface area (Å²) in [5.41, 5.74) is 5.02. The highest BCUT2D eigenvalue weighted by Crippen LogP contribution is 2.58. The lowest BCUT2D eigenvalue weighted by Crippen LogP contribution is -2.80. The van der Waals surface area contributed by atoms with Gasteiger partial charge in [0.25, 0.3) is 0 Å². The standard InChI is InChI=1S/C14H25N3O3/c1-4-6-16-10(18)8-17-12(19)14(15)9-5-7-20-11(9)13(14,2)3/h9,11H,4-8,15H2,1-3H3,(H,16,18)(H,17,19). The Morgan fingerprint density at radius 1 is 1.35 bits per heavy atom. The van der Waals surface area contributed by atoms with Crippen LogP contribution in [0.3, 0.4) is 0 Å². The summed E-state index contributed by atoms with van der Waals surface area (Å²) < 4.78 is 5.65. The van der Waals surface area contributed by atoms with E-state index in [0.717, 1.165) is 12.8 Å². The smallest absolute Gasteiger partial charge is 0.241 e. The van der Waals surface area contributed by atoms with Crippen molar-refractivity contribution in [1.29, 1.82) is 0 Å². The molecule has 1 heterocycles. The predicted molar refractivity (Wildman–Crippen MR) is 74.9 cm³/mol. The van der Waals surface area contributed by atoms with Crippen LogP contribution in [0, 0.1) is 11.3 Å². The topological polar surface area (TPSA) is 93.5 Å². The Morgan fingerprint density at radius 2 is 2.05 bits per heavy atom. The third-order valence-corrected chi connectivity index (χ3v) is 4.81. The van der Waals surface area contributed by atoms with E-state index in [4.69, 9.17) is 10.5 Å². The maximum Gasteiger partial charge on any atom is 0.241 e. The van der Waals surface area contributed by atoms with Gasteiger partial charge in [-0.05, 0) is 12.8 Å². The van der Waals surface area contributed by atoms with Crippen LogP contribution in [-0.4, -0.2) is 43.2 Å². The van der Waals surface area contributed by atoms with Gasteiger partial charge in [0.15, 0.2) is 0 Å².